The highest BCUT2D eigenvalue weighted by atomic mass is 35.5. The molecule has 1 atom stereocenters. The van der Waals surface area contributed by atoms with Crippen molar-refractivity contribution in [1.29, 1.82) is 0 Å². The van der Waals surface area contributed by atoms with Gasteiger partial charge in [0.1, 0.15) is 5.75 Å². The average molecular weight is 257 g/mol. The molecule has 0 unspecified atom stereocenters. The summed E-state index contributed by atoms with van der Waals surface area (Å²) in [5.41, 5.74) is 10.2. The molecule has 0 bridgehead atoms. The van der Waals surface area contributed by atoms with Gasteiger partial charge in [0.15, 0.2) is 17.5 Å². The predicted molar refractivity (Wildman–Crippen MR) is 55.8 cm³/mol. The number of aromatic hydroxyl groups is 1. The van der Waals surface area contributed by atoms with Gasteiger partial charge in [-0.2, -0.15) is 0 Å². The number of nitrogens with two attached hydrogens (primary N) is 2. The molecule has 92 valence electrons. The number of rotatable bonds is 3. The fraction of sp³-hybridized carbons (Fsp3) is 0.333. The highest BCUT2D eigenvalue weighted by molar-refractivity contribution is 5.85. The van der Waals surface area contributed by atoms with Gasteiger partial charge in [-0.25, -0.2) is 13.2 Å². The molecule has 0 aliphatic rings. The molecule has 3 nitrogen and oxygen atoms in total. The van der Waals surface area contributed by atoms with Gasteiger partial charge in [-0.05, 0) is 13.0 Å². The maximum Gasteiger partial charge on any atom is 0.195 e. The van der Waals surface area contributed by atoms with Crippen LogP contribution in [0.2, 0.25) is 0 Å². The molecule has 0 fully saturated rings. The predicted octanol–water partition coefficient (Wildman–Crippen LogP) is 1.58. The summed E-state index contributed by atoms with van der Waals surface area (Å²) in [7, 11) is 0. The third-order valence-corrected chi connectivity index (χ3v) is 2.03. The molecule has 16 heavy (non-hydrogen) atoms. The number of hydrogen-bond acceptors (Lipinski definition) is 3. The van der Waals surface area contributed by atoms with Crippen LogP contribution in [0.25, 0.3) is 0 Å². The van der Waals surface area contributed by atoms with Crippen LogP contribution in [0.4, 0.5) is 13.2 Å². The monoisotopic (exact) mass is 256 g/mol. The van der Waals surface area contributed by atoms with E-state index in [1.807, 2.05) is 0 Å². The smallest absolute Gasteiger partial charge is 0.195 e. The maximum absolute atomic E-state index is 13.2. The lowest BCUT2D eigenvalue weighted by atomic mass is 10.0. The first-order valence-electron chi connectivity index (χ1n) is 4.31. The molecule has 0 heterocycles. The topological polar surface area (TPSA) is 72.3 Å². The summed E-state index contributed by atoms with van der Waals surface area (Å²) in [6, 6.07) is -0.463. The summed E-state index contributed by atoms with van der Waals surface area (Å²) in [4.78, 5) is 0. The molecular formula is C9H12ClF3N2O. The van der Waals surface area contributed by atoms with Gasteiger partial charge >= 0.3 is 0 Å². The second-order valence-electron chi connectivity index (χ2n) is 3.10. The van der Waals surface area contributed by atoms with Crippen LogP contribution in [-0.2, 0) is 0 Å². The van der Waals surface area contributed by atoms with E-state index < -0.39 is 34.8 Å². The Hall–Kier alpha value is -0.980. The largest absolute Gasteiger partial charge is 0.507 e. The van der Waals surface area contributed by atoms with Crippen molar-refractivity contribution in [2.75, 3.05) is 6.54 Å². The number of halogens is 4. The van der Waals surface area contributed by atoms with Crippen LogP contribution in [0, 0.1) is 17.5 Å². The Balaban J connectivity index is 0.00000225. The van der Waals surface area contributed by atoms with Gasteiger partial charge in [-0.1, -0.05) is 0 Å². The van der Waals surface area contributed by atoms with Crippen molar-refractivity contribution in [3.05, 3.63) is 29.1 Å². The van der Waals surface area contributed by atoms with Crippen molar-refractivity contribution in [2.45, 2.75) is 12.5 Å². The van der Waals surface area contributed by atoms with E-state index in [1.165, 1.54) is 0 Å². The molecule has 1 rings (SSSR count). The summed E-state index contributed by atoms with van der Waals surface area (Å²) >= 11 is 0. The van der Waals surface area contributed by atoms with Crippen LogP contribution in [0.1, 0.15) is 18.0 Å². The van der Waals surface area contributed by atoms with Gasteiger partial charge in [0.2, 0.25) is 0 Å². The van der Waals surface area contributed by atoms with Crippen LogP contribution in [0.5, 0.6) is 5.75 Å². The van der Waals surface area contributed by atoms with Gasteiger partial charge < -0.3 is 16.6 Å². The number of hydrogen-bond donors (Lipinski definition) is 3. The molecular weight excluding hydrogens is 245 g/mol. The van der Waals surface area contributed by atoms with Crippen LogP contribution in [-0.4, -0.2) is 11.7 Å². The highest BCUT2D eigenvalue weighted by Gasteiger charge is 2.22. The van der Waals surface area contributed by atoms with Crippen molar-refractivity contribution in [2.24, 2.45) is 11.5 Å². The fourth-order valence-corrected chi connectivity index (χ4v) is 1.27. The van der Waals surface area contributed by atoms with E-state index in [4.69, 9.17) is 11.5 Å². The van der Waals surface area contributed by atoms with E-state index >= 15 is 0 Å². The zero-order valence-electron chi connectivity index (χ0n) is 8.21. The summed E-state index contributed by atoms with van der Waals surface area (Å²) in [5.74, 6) is -5.26. The summed E-state index contributed by atoms with van der Waals surface area (Å²) in [6.45, 7) is 0.152. The molecule has 0 saturated heterocycles. The lowest BCUT2D eigenvalue weighted by Crippen LogP contribution is -2.17. The Morgan fingerprint density at radius 3 is 2.31 bits per heavy atom. The molecule has 0 aliphatic carbocycles. The summed E-state index contributed by atoms with van der Waals surface area (Å²) < 4.78 is 38.7. The van der Waals surface area contributed by atoms with Crippen molar-refractivity contribution in [1.82, 2.24) is 0 Å². The first-order valence-corrected chi connectivity index (χ1v) is 4.31. The molecule has 0 amide bonds. The molecule has 0 aliphatic heterocycles. The minimum atomic E-state index is -1.64. The maximum atomic E-state index is 13.2. The fourth-order valence-electron chi connectivity index (χ4n) is 1.27. The minimum absolute atomic E-state index is 0. The van der Waals surface area contributed by atoms with Crippen LogP contribution in [0.15, 0.2) is 6.07 Å². The normalized spacial score (nSPS) is 12.1. The first kappa shape index (κ1) is 15.0. The van der Waals surface area contributed by atoms with Crippen LogP contribution >= 0.6 is 12.4 Å². The Morgan fingerprint density at radius 1 is 1.25 bits per heavy atom. The van der Waals surface area contributed by atoms with E-state index in [9.17, 15) is 18.3 Å². The first-order chi connectivity index (χ1) is 6.99. The van der Waals surface area contributed by atoms with E-state index in [2.05, 4.69) is 0 Å². The zero-order valence-corrected chi connectivity index (χ0v) is 9.03. The Labute approximate surface area is 96.6 Å². The minimum Gasteiger partial charge on any atom is -0.507 e. The van der Waals surface area contributed by atoms with Crippen molar-refractivity contribution >= 4 is 12.4 Å². The van der Waals surface area contributed by atoms with E-state index in [0.29, 0.717) is 6.07 Å². The zero-order chi connectivity index (χ0) is 11.6. The number of phenolic OH excluding ortho intramolecular Hbond substituents is 1. The molecule has 1 aromatic carbocycles. The number of phenols is 1. The summed E-state index contributed by atoms with van der Waals surface area (Å²) in [6.07, 6.45) is 0.162. The second kappa shape index (κ2) is 5.93. The van der Waals surface area contributed by atoms with Gasteiger partial charge in [-0.15, -0.1) is 12.4 Å². The Morgan fingerprint density at radius 2 is 1.81 bits per heavy atom. The summed E-state index contributed by atoms with van der Waals surface area (Å²) in [5, 5.41) is 9.23. The standard InChI is InChI=1S/C9H11F3N2O.ClH/c10-4-3-6(15)7(5(14)1-2-13)9(12)8(4)11;/h3,5,15H,1-2,13-14H2;1H/t5-;/m1./s1. The molecule has 0 aromatic heterocycles. The molecule has 0 saturated carbocycles. The third kappa shape index (κ3) is 2.78. The highest BCUT2D eigenvalue weighted by Crippen LogP contribution is 2.30. The van der Waals surface area contributed by atoms with Gasteiger partial charge in [0.25, 0.3) is 0 Å². The quantitative estimate of drug-likeness (QED) is 0.719. The van der Waals surface area contributed by atoms with Gasteiger partial charge in [0.05, 0.1) is 0 Å². The van der Waals surface area contributed by atoms with Crippen molar-refractivity contribution in [3.63, 3.8) is 0 Å². The van der Waals surface area contributed by atoms with E-state index in [0.717, 1.165) is 0 Å². The SMILES string of the molecule is Cl.NCC[C@@H](N)c1c(O)cc(F)c(F)c1F. The lowest BCUT2D eigenvalue weighted by Gasteiger charge is -2.14. The van der Waals surface area contributed by atoms with Crippen molar-refractivity contribution in [3.8, 4) is 5.75 Å². The Bertz CT molecular complexity index is 376. The van der Waals surface area contributed by atoms with E-state index in [1.54, 1.807) is 0 Å². The Kier molecular flexibility index (Phi) is 5.57. The molecule has 0 radical (unpaired) electrons. The number of benzene rings is 1. The van der Waals surface area contributed by atoms with Crippen LogP contribution in [0.3, 0.4) is 0 Å². The lowest BCUT2D eigenvalue weighted by molar-refractivity contribution is 0.398. The third-order valence-electron chi connectivity index (χ3n) is 2.03. The average Bonchev–Trinajstić information content (AvgIpc) is 2.15. The molecule has 1 aromatic rings. The van der Waals surface area contributed by atoms with E-state index in [-0.39, 0.29) is 25.4 Å². The van der Waals surface area contributed by atoms with Gasteiger partial charge in [0, 0.05) is 17.7 Å². The molecule has 0 spiro atoms. The second-order valence-corrected chi connectivity index (χ2v) is 3.10. The van der Waals surface area contributed by atoms with Crippen LogP contribution < -0.4 is 11.5 Å². The van der Waals surface area contributed by atoms with Gasteiger partial charge in [-0.3, -0.25) is 0 Å². The molecule has 5 N–H and O–H groups in total. The molecule has 7 heteroatoms. The van der Waals surface area contributed by atoms with Crippen molar-refractivity contribution < 1.29 is 18.3 Å².